The Labute approximate surface area is 145 Å². The molecule has 0 saturated carbocycles. The molecule has 0 aromatic rings. The lowest BCUT2D eigenvalue weighted by atomic mass is 9.88. The van der Waals surface area contributed by atoms with E-state index in [4.69, 9.17) is 5.73 Å². The number of hydrogen-bond donors (Lipinski definition) is 1. The molecule has 0 aliphatic carbocycles. The predicted molar refractivity (Wildman–Crippen MR) is 102 cm³/mol. The third kappa shape index (κ3) is 13.4. The third-order valence-corrected chi connectivity index (χ3v) is 4.87. The number of amides is 1. The van der Waals surface area contributed by atoms with Gasteiger partial charge in [0, 0.05) is 5.57 Å². The normalized spacial score (nSPS) is 12.3. The average molecular weight is 324 g/mol. The van der Waals surface area contributed by atoms with Crippen LogP contribution in [0.5, 0.6) is 0 Å². The number of primary amides is 1. The lowest BCUT2D eigenvalue weighted by Crippen LogP contribution is -2.20. The summed E-state index contributed by atoms with van der Waals surface area (Å²) in [5.41, 5.74) is 6.11. The molecule has 0 radical (unpaired) electrons. The van der Waals surface area contributed by atoms with E-state index in [0.29, 0.717) is 11.5 Å². The Morgan fingerprint density at radius 3 is 1.43 bits per heavy atom. The van der Waals surface area contributed by atoms with Gasteiger partial charge in [0.25, 0.3) is 0 Å². The number of rotatable bonds is 17. The van der Waals surface area contributed by atoms with Crippen LogP contribution in [-0.4, -0.2) is 5.91 Å². The molecule has 0 aromatic heterocycles. The van der Waals surface area contributed by atoms with E-state index in [1.165, 1.54) is 83.5 Å². The highest BCUT2D eigenvalue weighted by Crippen LogP contribution is 2.24. The minimum Gasteiger partial charge on any atom is -0.366 e. The molecule has 0 heterocycles. The largest absolute Gasteiger partial charge is 0.366 e. The van der Waals surface area contributed by atoms with Crippen molar-refractivity contribution in [3.05, 3.63) is 12.2 Å². The molecule has 0 bridgehead atoms. The van der Waals surface area contributed by atoms with Gasteiger partial charge < -0.3 is 5.73 Å². The fourth-order valence-corrected chi connectivity index (χ4v) is 3.21. The summed E-state index contributed by atoms with van der Waals surface area (Å²) in [6, 6.07) is 0. The van der Waals surface area contributed by atoms with E-state index in [9.17, 15) is 4.79 Å². The van der Waals surface area contributed by atoms with E-state index in [-0.39, 0.29) is 5.91 Å². The molecule has 2 heteroatoms. The smallest absolute Gasteiger partial charge is 0.244 e. The van der Waals surface area contributed by atoms with Crippen molar-refractivity contribution in [2.45, 2.75) is 110 Å². The molecule has 0 spiro atoms. The van der Waals surface area contributed by atoms with Gasteiger partial charge in [-0.05, 0) is 18.8 Å². The van der Waals surface area contributed by atoms with Crippen LogP contribution in [-0.2, 0) is 4.79 Å². The van der Waals surface area contributed by atoms with Crippen LogP contribution in [0.4, 0.5) is 0 Å². The Morgan fingerprint density at radius 2 is 1.09 bits per heavy atom. The maximum absolute atomic E-state index is 11.4. The molecule has 0 rings (SSSR count). The van der Waals surface area contributed by atoms with Crippen molar-refractivity contribution in [3.8, 4) is 0 Å². The molecule has 0 aliphatic heterocycles. The van der Waals surface area contributed by atoms with Crippen LogP contribution in [0.25, 0.3) is 0 Å². The first-order valence-corrected chi connectivity index (χ1v) is 10.1. The Bertz CT molecular complexity index is 298. The van der Waals surface area contributed by atoms with Crippen LogP contribution in [0.15, 0.2) is 12.2 Å². The second-order valence-electron chi connectivity index (χ2n) is 7.05. The van der Waals surface area contributed by atoms with Crippen molar-refractivity contribution in [2.24, 2.45) is 11.7 Å². The van der Waals surface area contributed by atoms with Gasteiger partial charge in [-0.3, -0.25) is 4.79 Å². The van der Waals surface area contributed by atoms with Gasteiger partial charge in [-0.2, -0.15) is 0 Å². The van der Waals surface area contributed by atoms with Gasteiger partial charge in [-0.1, -0.05) is 104 Å². The lowest BCUT2D eigenvalue weighted by Gasteiger charge is -2.17. The maximum atomic E-state index is 11.4. The lowest BCUT2D eigenvalue weighted by molar-refractivity contribution is -0.115. The summed E-state index contributed by atoms with van der Waals surface area (Å²) in [6.45, 7) is 8.45. The van der Waals surface area contributed by atoms with Crippen molar-refractivity contribution in [1.29, 1.82) is 0 Å². The molecule has 1 atom stereocenters. The number of carbonyl (C=O) groups is 1. The van der Waals surface area contributed by atoms with E-state index >= 15 is 0 Å². The summed E-state index contributed by atoms with van der Waals surface area (Å²) < 4.78 is 0. The molecular weight excluding hydrogens is 282 g/mol. The SMILES string of the molecule is C=C(C(N)=O)C(CCCCCCCC)CCCCCCCCC. The molecular formula is C21H41NO. The molecule has 0 saturated heterocycles. The molecule has 1 unspecified atom stereocenters. The Kier molecular flexibility index (Phi) is 15.5. The van der Waals surface area contributed by atoms with Gasteiger partial charge in [0.15, 0.2) is 0 Å². The van der Waals surface area contributed by atoms with Gasteiger partial charge in [0.05, 0.1) is 0 Å². The van der Waals surface area contributed by atoms with Crippen LogP contribution in [0.1, 0.15) is 110 Å². The summed E-state index contributed by atoms with van der Waals surface area (Å²) in [7, 11) is 0. The molecule has 0 fully saturated rings. The summed E-state index contributed by atoms with van der Waals surface area (Å²) in [5.74, 6) is 0.0123. The van der Waals surface area contributed by atoms with E-state index in [0.717, 1.165) is 12.8 Å². The summed E-state index contributed by atoms with van der Waals surface area (Å²) in [4.78, 5) is 11.4. The number of unbranched alkanes of at least 4 members (excludes halogenated alkanes) is 11. The highest BCUT2D eigenvalue weighted by molar-refractivity contribution is 5.91. The van der Waals surface area contributed by atoms with Crippen LogP contribution in [0.3, 0.4) is 0 Å². The van der Waals surface area contributed by atoms with E-state index in [1.54, 1.807) is 0 Å². The molecule has 23 heavy (non-hydrogen) atoms. The standard InChI is InChI=1S/C21H41NO/c1-4-6-8-10-12-14-16-18-20(19(3)21(22)23)17-15-13-11-9-7-5-2/h20H,3-18H2,1-2H3,(H2,22,23). The average Bonchev–Trinajstić information content (AvgIpc) is 2.54. The first-order valence-electron chi connectivity index (χ1n) is 10.1. The highest BCUT2D eigenvalue weighted by atomic mass is 16.1. The van der Waals surface area contributed by atoms with Crippen molar-refractivity contribution < 1.29 is 4.79 Å². The van der Waals surface area contributed by atoms with Gasteiger partial charge >= 0.3 is 0 Å². The maximum Gasteiger partial charge on any atom is 0.244 e. The topological polar surface area (TPSA) is 43.1 Å². The second kappa shape index (κ2) is 16.1. The van der Waals surface area contributed by atoms with Crippen molar-refractivity contribution in [3.63, 3.8) is 0 Å². The van der Waals surface area contributed by atoms with Gasteiger partial charge in [0.2, 0.25) is 5.91 Å². The molecule has 1 amide bonds. The zero-order valence-electron chi connectivity index (χ0n) is 15.9. The zero-order chi connectivity index (χ0) is 17.3. The quantitative estimate of drug-likeness (QED) is 0.240. The second-order valence-corrected chi connectivity index (χ2v) is 7.05. The molecule has 0 aliphatic rings. The minimum absolute atomic E-state index is 0.302. The number of carbonyl (C=O) groups excluding carboxylic acids is 1. The van der Waals surface area contributed by atoms with Crippen molar-refractivity contribution >= 4 is 5.91 Å². The molecule has 2 nitrogen and oxygen atoms in total. The monoisotopic (exact) mass is 323 g/mol. The Balaban J connectivity index is 3.88. The third-order valence-electron chi connectivity index (χ3n) is 4.87. The van der Waals surface area contributed by atoms with E-state index in [2.05, 4.69) is 20.4 Å². The van der Waals surface area contributed by atoms with Gasteiger partial charge in [0.1, 0.15) is 0 Å². The highest BCUT2D eigenvalue weighted by Gasteiger charge is 2.16. The van der Waals surface area contributed by atoms with Crippen LogP contribution in [0.2, 0.25) is 0 Å². The number of nitrogens with two attached hydrogens (primary N) is 1. The van der Waals surface area contributed by atoms with E-state index < -0.39 is 0 Å². The number of hydrogen-bond acceptors (Lipinski definition) is 1. The molecule has 0 aromatic carbocycles. The Morgan fingerprint density at radius 1 is 0.739 bits per heavy atom. The first kappa shape index (κ1) is 22.2. The summed E-state index contributed by atoms with van der Waals surface area (Å²) >= 11 is 0. The molecule has 136 valence electrons. The van der Waals surface area contributed by atoms with Gasteiger partial charge in [-0.25, -0.2) is 0 Å². The fraction of sp³-hybridized carbons (Fsp3) is 0.857. The molecule has 2 N–H and O–H groups in total. The van der Waals surface area contributed by atoms with Crippen LogP contribution >= 0.6 is 0 Å². The van der Waals surface area contributed by atoms with Crippen LogP contribution in [0, 0.1) is 5.92 Å². The zero-order valence-corrected chi connectivity index (χ0v) is 15.9. The van der Waals surface area contributed by atoms with Gasteiger partial charge in [-0.15, -0.1) is 0 Å². The van der Waals surface area contributed by atoms with E-state index in [1.807, 2.05) is 0 Å². The summed E-state index contributed by atoms with van der Waals surface area (Å²) in [6.07, 6.45) is 19.2. The first-order chi connectivity index (χ1) is 11.1. The summed E-state index contributed by atoms with van der Waals surface area (Å²) in [5, 5.41) is 0. The fourth-order valence-electron chi connectivity index (χ4n) is 3.21. The van der Waals surface area contributed by atoms with Crippen molar-refractivity contribution in [1.82, 2.24) is 0 Å². The van der Waals surface area contributed by atoms with Crippen LogP contribution < -0.4 is 5.73 Å². The Hall–Kier alpha value is -0.790. The predicted octanol–water partition coefficient (Wildman–Crippen LogP) is 6.54. The van der Waals surface area contributed by atoms with Crippen molar-refractivity contribution in [2.75, 3.05) is 0 Å². The minimum atomic E-state index is -0.302.